The zero-order valence-corrected chi connectivity index (χ0v) is 20.0. The van der Waals surface area contributed by atoms with E-state index >= 15 is 0 Å². The lowest BCUT2D eigenvalue weighted by Crippen LogP contribution is -2.55. The number of nitrogens with zero attached hydrogens (tertiary/aromatic N) is 4. The monoisotopic (exact) mass is 517 g/mol. The van der Waals surface area contributed by atoms with Crippen molar-refractivity contribution in [3.63, 3.8) is 0 Å². The second kappa shape index (κ2) is 9.47. The molecule has 1 N–H and O–H groups in total. The first-order chi connectivity index (χ1) is 17.2. The number of carbonyl (C=O) groups is 3. The van der Waals surface area contributed by atoms with E-state index < -0.39 is 39.5 Å². The number of carbonyl (C=O) groups excluding carboxylic acids is 3. The van der Waals surface area contributed by atoms with Crippen LogP contribution >= 0.6 is 0 Å². The third-order valence-electron chi connectivity index (χ3n) is 6.31. The highest BCUT2D eigenvalue weighted by Crippen LogP contribution is 2.30. The molecule has 0 radical (unpaired) electrons. The fraction of sp³-hybridized carbons (Fsp3) is 0.391. The lowest BCUT2D eigenvalue weighted by molar-refractivity contribution is -0.144. The highest BCUT2D eigenvalue weighted by Gasteiger charge is 2.45. The van der Waals surface area contributed by atoms with E-state index in [4.69, 9.17) is 4.74 Å². The van der Waals surface area contributed by atoms with Crippen LogP contribution in [0, 0.1) is 5.82 Å². The minimum absolute atomic E-state index is 0.00403. The van der Waals surface area contributed by atoms with Gasteiger partial charge >= 0.3 is 5.91 Å². The molecule has 13 heteroatoms. The lowest BCUT2D eigenvalue weighted by Gasteiger charge is -2.38. The molecule has 0 spiro atoms. The molecule has 190 valence electrons. The molecule has 5 rings (SSSR count). The van der Waals surface area contributed by atoms with E-state index in [2.05, 4.69) is 10.3 Å². The molecule has 4 heterocycles. The van der Waals surface area contributed by atoms with Gasteiger partial charge in [-0.2, -0.15) is 0 Å². The molecule has 0 bridgehead atoms. The number of amides is 2. The summed E-state index contributed by atoms with van der Waals surface area (Å²) in [5.41, 5.74) is 1.29. The summed E-state index contributed by atoms with van der Waals surface area (Å²) in [5, 5.41) is 2.55. The average Bonchev–Trinajstić information content (AvgIpc) is 3.24. The number of ketones is 1. The fourth-order valence-electron chi connectivity index (χ4n) is 4.41. The number of morpholine rings is 1. The number of ether oxygens (including phenoxy) is 1. The molecular formula is C23H24FN5O6S. The summed E-state index contributed by atoms with van der Waals surface area (Å²) in [6.07, 6.45) is 3.47. The first kappa shape index (κ1) is 24.1. The second-order valence-electron chi connectivity index (χ2n) is 8.66. The van der Waals surface area contributed by atoms with Crippen LogP contribution in [0.15, 0.2) is 52.9 Å². The number of Topliss-reactive ketones (excluding diaryl/α,β-unsaturated/α-hetero) is 1. The maximum atomic E-state index is 13.1. The van der Waals surface area contributed by atoms with Crippen molar-refractivity contribution in [2.24, 2.45) is 4.99 Å². The Labute approximate surface area is 206 Å². The van der Waals surface area contributed by atoms with Crippen molar-refractivity contribution in [2.45, 2.75) is 19.0 Å². The molecule has 36 heavy (non-hydrogen) atoms. The van der Waals surface area contributed by atoms with Gasteiger partial charge in [0.2, 0.25) is 10.0 Å². The molecule has 1 aromatic rings. The van der Waals surface area contributed by atoms with Crippen molar-refractivity contribution in [1.29, 1.82) is 0 Å². The minimum Gasteiger partial charge on any atom is -0.378 e. The largest absolute Gasteiger partial charge is 0.378 e. The Morgan fingerprint density at radius 3 is 2.53 bits per heavy atom. The molecule has 0 aromatic heterocycles. The first-order valence-electron chi connectivity index (χ1n) is 11.5. The molecule has 4 aliphatic heterocycles. The molecule has 0 saturated carbocycles. The van der Waals surface area contributed by atoms with Crippen LogP contribution in [0.2, 0.25) is 0 Å². The topological polar surface area (TPSA) is 129 Å². The van der Waals surface area contributed by atoms with Gasteiger partial charge in [-0.15, -0.1) is 0 Å². The van der Waals surface area contributed by atoms with Gasteiger partial charge in [-0.25, -0.2) is 17.8 Å². The number of allylic oxidation sites excluding steroid dienone is 1. The van der Waals surface area contributed by atoms with Crippen LogP contribution in [0.5, 0.6) is 0 Å². The number of nitrogens with one attached hydrogen (secondary N) is 1. The Kier molecular flexibility index (Phi) is 6.35. The number of sulfonamides is 1. The van der Waals surface area contributed by atoms with Crippen LogP contribution in [-0.2, 0) is 35.7 Å². The van der Waals surface area contributed by atoms with E-state index in [1.165, 1.54) is 34.8 Å². The van der Waals surface area contributed by atoms with Gasteiger partial charge < -0.3 is 15.0 Å². The van der Waals surface area contributed by atoms with E-state index in [1.54, 1.807) is 6.08 Å². The molecule has 11 nitrogen and oxygen atoms in total. The van der Waals surface area contributed by atoms with Crippen molar-refractivity contribution in [3.8, 4) is 0 Å². The number of fused-ring (bicyclic) bond motifs is 1. The van der Waals surface area contributed by atoms with Crippen LogP contribution in [0.3, 0.4) is 0 Å². The molecule has 2 saturated heterocycles. The summed E-state index contributed by atoms with van der Waals surface area (Å²) in [6.45, 7) is 2.18. The van der Waals surface area contributed by atoms with Gasteiger partial charge in [0.15, 0.2) is 11.9 Å². The summed E-state index contributed by atoms with van der Waals surface area (Å²) in [5.74, 6) is -3.36. The molecule has 1 unspecified atom stereocenters. The number of hydrogen-bond acceptors (Lipinski definition) is 8. The van der Waals surface area contributed by atoms with Crippen LogP contribution in [0.25, 0.3) is 0 Å². The summed E-state index contributed by atoms with van der Waals surface area (Å²) in [7, 11) is -3.65. The van der Waals surface area contributed by atoms with Crippen LogP contribution in [0.1, 0.15) is 12.0 Å². The number of hydrogen-bond donors (Lipinski definition) is 1. The van der Waals surface area contributed by atoms with Crippen molar-refractivity contribution in [1.82, 2.24) is 19.4 Å². The van der Waals surface area contributed by atoms with E-state index in [-0.39, 0.29) is 30.4 Å². The van der Waals surface area contributed by atoms with Gasteiger partial charge in [0, 0.05) is 32.4 Å². The molecule has 0 aliphatic carbocycles. The van der Waals surface area contributed by atoms with Crippen molar-refractivity contribution >= 4 is 33.5 Å². The summed E-state index contributed by atoms with van der Waals surface area (Å²) >= 11 is 0. The van der Waals surface area contributed by atoms with E-state index in [9.17, 15) is 27.2 Å². The van der Waals surface area contributed by atoms with Gasteiger partial charge in [-0.05, 0) is 30.2 Å². The summed E-state index contributed by atoms with van der Waals surface area (Å²) in [6, 6.07) is 3.77. The number of rotatable bonds is 5. The molecule has 1 atom stereocenters. The fourth-order valence-corrected chi connectivity index (χ4v) is 5.97. The van der Waals surface area contributed by atoms with Gasteiger partial charge in [-0.3, -0.25) is 23.6 Å². The predicted octanol–water partition coefficient (Wildman–Crippen LogP) is -0.273. The molecule has 1 aromatic carbocycles. The standard InChI is InChI=1S/C23H24FN5O6S/c24-16-4-2-15(3-5-16)13-25-22(31)19-20(30)23(32)28-14-17(27-7-9-35-10-8-27)12-18(21(28)26-19)29-6-1-11-36(29,33)34/h2-5,12,14,19H,1,6-11,13H2,(H,25,31). The number of benzene rings is 1. The number of aliphatic imine (C=N–C) groups is 1. The zero-order chi connectivity index (χ0) is 25.4. The maximum Gasteiger partial charge on any atom is 0.302 e. The molecule has 2 fully saturated rings. The predicted molar refractivity (Wildman–Crippen MR) is 125 cm³/mol. The van der Waals surface area contributed by atoms with Crippen LogP contribution in [-0.4, -0.2) is 90.6 Å². The smallest absolute Gasteiger partial charge is 0.302 e. The Balaban J connectivity index is 1.47. The van der Waals surface area contributed by atoms with E-state index in [0.29, 0.717) is 44.0 Å². The summed E-state index contributed by atoms with van der Waals surface area (Å²) < 4.78 is 45.2. The quantitative estimate of drug-likeness (QED) is 0.421. The Hall–Kier alpha value is -3.58. The van der Waals surface area contributed by atoms with E-state index in [0.717, 1.165) is 4.90 Å². The third-order valence-corrected chi connectivity index (χ3v) is 8.16. The van der Waals surface area contributed by atoms with Crippen LogP contribution < -0.4 is 5.32 Å². The highest BCUT2D eigenvalue weighted by atomic mass is 32.2. The molecule has 2 amide bonds. The van der Waals surface area contributed by atoms with Crippen LogP contribution in [0.4, 0.5) is 4.39 Å². The second-order valence-corrected chi connectivity index (χ2v) is 10.7. The first-order valence-corrected chi connectivity index (χ1v) is 13.1. The highest BCUT2D eigenvalue weighted by molar-refractivity contribution is 7.89. The molecular weight excluding hydrogens is 493 g/mol. The Morgan fingerprint density at radius 1 is 1.14 bits per heavy atom. The Bertz CT molecular complexity index is 1300. The number of amidine groups is 1. The number of halogens is 1. The summed E-state index contributed by atoms with van der Waals surface area (Å²) in [4.78, 5) is 46.1. The lowest BCUT2D eigenvalue weighted by atomic mass is 10.1. The average molecular weight is 518 g/mol. The van der Waals surface area contributed by atoms with Gasteiger partial charge in [0.05, 0.1) is 30.4 Å². The SMILES string of the molecule is O=C(NCc1ccc(F)cc1)C1N=C2C(N3CCCS3(=O)=O)=CC(N3CCOCC3)=CN2C(=O)C1=O. The van der Waals surface area contributed by atoms with Gasteiger partial charge in [0.25, 0.3) is 11.7 Å². The minimum atomic E-state index is -3.65. The maximum absolute atomic E-state index is 13.1. The molecule has 4 aliphatic rings. The van der Waals surface area contributed by atoms with Gasteiger partial charge in [-0.1, -0.05) is 12.1 Å². The van der Waals surface area contributed by atoms with E-state index in [1.807, 2.05) is 4.90 Å². The normalized spacial score (nSPS) is 23.6. The van der Waals surface area contributed by atoms with Crippen molar-refractivity contribution in [2.75, 3.05) is 38.6 Å². The Morgan fingerprint density at radius 2 is 1.86 bits per heavy atom. The zero-order valence-electron chi connectivity index (χ0n) is 19.2. The van der Waals surface area contributed by atoms with Gasteiger partial charge in [0.1, 0.15) is 5.82 Å². The van der Waals surface area contributed by atoms with Crippen molar-refractivity contribution in [3.05, 3.63) is 59.3 Å². The third kappa shape index (κ3) is 4.51. The van der Waals surface area contributed by atoms with Crippen molar-refractivity contribution < 1.29 is 31.9 Å².